The molecule has 0 aromatic carbocycles. The van der Waals surface area contributed by atoms with Crippen molar-refractivity contribution >= 4 is 12.1 Å². The number of rotatable bonds is 4. The van der Waals surface area contributed by atoms with Crippen LogP contribution in [0.1, 0.15) is 40.0 Å². The average Bonchev–Trinajstić information content (AvgIpc) is 2.90. The molecule has 0 spiro atoms. The molecule has 0 aromatic rings. The van der Waals surface area contributed by atoms with Gasteiger partial charge in [-0.1, -0.05) is 0 Å². The molecule has 2 aliphatic heterocycles. The van der Waals surface area contributed by atoms with Crippen LogP contribution in [0.4, 0.5) is 18.0 Å². The first-order valence-electron chi connectivity index (χ1n) is 7.60. The predicted octanol–water partition coefficient (Wildman–Crippen LogP) is 2.55. The Morgan fingerprint density at radius 1 is 1.25 bits per heavy atom. The Balaban J connectivity index is 2.02. The third-order valence-electron chi connectivity index (χ3n) is 4.31. The fourth-order valence-corrected chi connectivity index (χ4v) is 3.36. The summed E-state index contributed by atoms with van der Waals surface area (Å²) in [6.45, 7) is 4.88. The summed E-state index contributed by atoms with van der Waals surface area (Å²) in [6.07, 6.45) is -5.68. The first-order chi connectivity index (χ1) is 10.8. The van der Waals surface area contributed by atoms with Gasteiger partial charge in [0.1, 0.15) is 11.6 Å². The molecule has 0 unspecified atom stereocenters. The van der Waals surface area contributed by atoms with Crippen molar-refractivity contribution in [2.45, 2.75) is 63.5 Å². The molecule has 0 aromatic heterocycles. The number of carbonyl (C=O) groups excluding carboxylic acids is 2. The average molecular weight is 353 g/mol. The Labute approximate surface area is 138 Å². The molecular weight excluding hydrogens is 331 g/mol. The molecule has 1 amide bonds. The van der Waals surface area contributed by atoms with Crippen LogP contribution in [0, 0.1) is 5.41 Å². The molecule has 2 heterocycles. The van der Waals surface area contributed by atoms with Gasteiger partial charge in [0.15, 0.2) is 5.60 Å². The minimum Gasteiger partial charge on any atom is -0.467 e. The van der Waals surface area contributed by atoms with Crippen molar-refractivity contribution in [3.05, 3.63) is 0 Å². The van der Waals surface area contributed by atoms with Crippen LogP contribution in [0.3, 0.4) is 0 Å². The second-order valence-electron chi connectivity index (χ2n) is 7.56. The Hall–Kier alpha value is -1.51. The van der Waals surface area contributed by atoms with Crippen LogP contribution in [0.25, 0.3) is 0 Å². The van der Waals surface area contributed by atoms with Crippen LogP contribution in [-0.4, -0.2) is 49.2 Å². The molecule has 3 fully saturated rings. The summed E-state index contributed by atoms with van der Waals surface area (Å²) in [5, 5.41) is 2.38. The zero-order valence-electron chi connectivity index (χ0n) is 14.1. The largest absolute Gasteiger partial charge is 0.467 e. The summed E-state index contributed by atoms with van der Waals surface area (Å²) >= 11 is 0. The van der Waals surface area contributed by atoms with Gasteiger partial charge in [-0.2, -0.15) is 13.2 Å². The summed E-state index contributed by atoms with van der Waals surface area (Å²) in [5.74, 6) is -0.730. The second-order valence-corrected chi connectivity index (χ2v) is 7.56. The molecular formula is C15H22F3NO5. The molecule has 2 bridgehead atoms. The third kappa shape index (κ3) is 3.60. The monoisotopic (exact) mass is 353 g/mol. The van der Waals surface area contributed by atoms with Crippen LogP contribution in [0.2, 0.25) is 0 Å². The highest BCUT2D eigenvalue weighted by molar-refractivity contribution is 5.81. The highest BCUT2D eigenvalue weighted by Crippen LogP contribution is 2.65. The quantitative estimate of drug-likeness (QED) is 0.787. The standard InChI is InChI=1S/C15H22F3NO5/c1-12(2,3)24-11(21)19-9(10(20)22-4)5-13-6-14(7-13,23-8-13)15(16,17)18/h9H,5-8H2,1-4H3,(H,19,21)/t9-,13?,14?/m1/s1. The molecule has 3 aliphatic rings. The van der Waals surface area contributed by atoms with Gasteiger partial charge < -0.3 is 19.5 Å². The van der Waals surface area contributed by atoms with Gasteiger partial charge in [-0.05, 0) is 40.0 Å². The smallest absolute Gasteiger partial charge is 0.417 e. The molecule has 1 N–H and O–H groups in total. The number of fused-ring (bicyclic) bond motifs is 1. The van der Waals surface area contributed by atoms with Gasteiger partial charge in [-0.15, -0.1) is 0 Å². The van der Waals surface area contributed by atoms with Crippen molar-refractivity contribution in [2.24, 2.45) is 5.41 Å². The Kier molecular flexibility index (Phi) is 4.54. The highest BCUT2D eigenvalue weighted by Gasteiger charge is 2.74. The van der Waals surface area contributed by atoms with E-state index < -0.39 is 40.9 Å². The normalized spacial score (nSPS) is 30.3. The zero-order valence-corrected chi connectivity index (χ0v) is 14.1. The molecule has 2 saturated heterocycles. The van der Waals surface area contributed by atoms with E-state index in [1.54, 1.807) is 20.8 Å². The fraction of sp³-hybridized carbons (Fsp3) is 0.867. The van der Waals surface area contributed by atoms with Crippen molar-refractivity contribution < 1.29 is 37.0 Å². The highest BCUT2D eigenvalue weighted by atomic mass is 19.4. The first-order valence-corrected chi connectivity index (χ1v) is 7.60. The Morgan fingerprint density at radius 3 is 2.25 bits per heavy atom. The van der Waals surface area contributed by atoms with Crippen LogP contribution in [-0.2, 0) is 19.0 Å². The maximum atomic E-state index is 13.0. The SMILES string of the molecule is COC(=O)[C@@H](CC12COC(C(F)(F)F)(C1)C2)NC(=O)OC(C)(C)C. The van der Waals surface area contributed by atoms with Gasteiger partial charge in [-0.3, -0.25) is 0 Å². The van der Waals surface area contributed by atoms with E-state index in [-0.39, 0.29) is 25.9 Å². The van der Waals surface area contributed by atoms with Gasteiger partial charge in [-0.25, -0.2) is 9.59 Å². The lowest BCUT2D eigenvalue weighted by molar-refractivity contribution is -0.277. The van der Waals surface area contributed by atoms with Crippen LogP contribution in [0.5, 0.6) is 0 Å². The number of halogens is 3. The lowest BCUT2D eigenvalue weighted by Crippen LogP contribution is -2.57. The molecule has 9 heteroatoms. The van der Waals surface area contributed by atoms with E-state index in [9.17, 15) is 22.8 Å². The topological polar surface area (TPSA) is 73.9 Å². The number of hydrogen-bond acceptors (Lipinski definition) is 5. The van der Waals surface area contributed by atoms with Crippen LogP contribution < -0.4 is 5.32 Å². The molecule has 138 valence electrons. The van der Waals surface area contributed by atoms with Crippen LogP contribution in [0.15, 0.2) is 0 Å². The summed E-state index contributed by atoms with van der Waals surface area (Å²) in [5.41, 5.74) is -3.66. The summed E-state index contributed by atoms with van der Waals surface area (Å²) in [6, 6.07) is -1.09. The third-order valence-corrected chi connectivity index (χ3v) is 4.31. The van der Waals surface area contributed by atoms with E-state index in [0.717, 1.165) is 7.11 Å². The molecule has 24 heavy (non-hydrogen) atoms. The van der Waals surface area contributed by atoms with Gasteiger partial charge in [0.05, 0.1) is 13.7 Å². The molecule has 6 nitrogen and oxygen atoms in total. The molecule has 3 rings (SSSR count). The van der Waals surface area contributed by atoms with Crippen molar-refractivity contribution in [2.75, 3.05) is 13.7 Å². The fourth-order valence-electron chi connectivity index (χ4n) is 3.36. The number of ether oxygens (including phenoxy) is 3. The summed E-state index contributed by atoms with van der Waals surface area (Å²) in [7, 11) is 1.15. The van der Waals surface area contributed by atoms with Gasteiger partial charge >= 0.3 is 18.2 Å². The zero-order chi connectivity index (χ0) is 18.4. The van der Waals surface area contributed by atoms with Crippen molar-refractivity contribution in [1.29, 1.82) is 0 Å². The molecule has 1 saturated carbocycles. The summed E-state index contributed by atoms with van der Waals surface area (Å²) in [4.78, 5) is 23.7. The lowest BCUT2D eigenvalue weighted by Gasteiger charge is -2.46. The number of amides is 1. The number of alkyl carbamates (subject to hydrolysis) is 1. The Bertz CT molecular complexity index is 520. The van der Waals surface area contributed by atoms with E-state index in [1.807, 2.05) is 0 Å². The number of alkyl halides is 3. The maximum Gasteiger partial charge on any atom is 0.417 e. The molecule has 0 radical (unpaired) electrons. The number of methoxy groups -OCH3 is 1. The van der Waals surface area contributed by atoms with Gasteiger partial charge in [0.25, 0.3) is 0 Å². The van der Waals surface area contributed by atoms with Crippen molar-refractivity contribution in [1.82, 2.24) is 5.32 Å². The number of esters is 1. The Morgan fingerprint density at radius 2 is 1.83 bits per heavy atom. The van der Waals surface area contributed by atoms with Crippen molar-refractivity contribution in [3.8, 4) is 0 Å². The van der Waals surface area contributed by atoms with Gasteiger partial charge in [0, 0.05) is 5.41 Å². The number of hydrogen-bond donors (Lipinski definition) is 1. The van der Waals surface area contributed by atoms with E-state index in [2.05, 4.69) is 10.1 Å². The molecule has 1 atom stereocenters. The van der Waals surface area contributed by atoms with Crippen molar-refractivity contribution in [3.63, 3.8) is 0 Å². The first kappa shape index (κ1) is 18.8. The molecule has 1 aliphatic carbocycles. The van der Waals surface area contributed by atoms with Gasteiger partial charge in [0.2, 0.25) is 0 Å². The minimum absolute atomic E-state index is 0.0107. The van der Waals surface area contributed by atoms with E-state index in [0.29, 0.717) is 0 Å². The lowest BCUT2D eigenvalue weighted by atomic mass is 9.59. The van der Waals surface area contributed by atoms with E-state index >= 15 is 0 Å². The number of carbonyl (C=O) groups is 2. The second kappa shape index (κ2) is 5.79. The minimum atomic E-state index is -4.44. The maximum absolute atomic E-state index is 13.0. The van der Waals surface area contributed by atoms with E-state index in [4.69, 9.17) is 9.47 Å². The number of nitrogens with one attached hydrogen (secondary N) is 1. The van der Waals surface area contributed by atoms with Crippen LogP contribution >= 0.6 is 0 Å². The van der Waals surface area contributed by atoms with E-state index in [1.165, 1.54) is 0 Å². The summed E-state index contributed by atoms with van der Waals surface area (Å²) < 4.78 is 53.7. The predicted molar refractivity (Wildman–Crippen MR) is 76.2 cm³/mol.